The Hall–Kier alpha value is -2.29. The van der Waals surface area contributed by atoms with Crippen molar-refractivity contribution < 1.29 is 0 Å². The fraction of sp³-hybridized carbons (Fsp3) is 0.133. The van der Waals surface area contributed by atoms with Gasteiger partial charge in [-0.3, -0.25) is 0 Å². The maximum absolute atomic E-state index is 4.59. The van der Waals surface area contributed by atoms with Gasteiger partial charge in [-0.25, -0.2) is 4.98 Å². The summed E-state index contributed by atoms with van der Waals surface area (Å²) < 4.78 is 0. The molecular weight excluding hydrogens is 222 g/mol. The van der Waals surface area contributed by atoms with Crippen molar-refractivity contribution in [3.8, 4) is 0 Å². The average molecular weight is 237 g/mol. The van der Waals surface area contributed by atoms with Crippen molar-refractivity contribution in [2.75, 3.05) is 11.9 Å². The minimum Gasteiger partial charge on any atom is -0.324 e. The standard InChI is InChI=1S/C15H15N3/c1-18(12-8-4-2-3-5-9-12)15-16-13-10-6-7-11-14(13)17-15/h2-4,6-11H,5H2,1H3,(H,16,17). The highest BCUT2D eigenvalue weighted by Gasteiger charge is 2.09. The van der Waals surface area contributed by atoms with E-state index < -0.39 is 0 Å². The molecule has 1 aliphatic rings. The number of aromatic nitrogens is 2. The molecule has 0 spiro atoms. The molecule has 0 unspecified atom stereocenters. The normalized spacial score (nSPS) is 14.6. The molecule has 1 heterocycles. The van der Waals surface area contributed by atoms with Gasteiger partial charge in [0.1, 0.15) is 0 Å². The molecule has 0 fully saturated rings. The van der Waals surface area contributed by atoms with E-state index in [-0.39, 0.29) is 0 Å². The highest BCUT2D eigenvalue weighted by Crippen LogP contribution is 2.20. The Morgan fingerprint density at radius 3 is 3.00 bits per heavy atom. The Balaban J connectivity index is 1.96. The van der Waals surface area contributed by atoms with Crippen LogP contribution in [-0.2, 0) is 0 Å². The molecule has 1 aromatic heterocycles. The first-order valence-corrected chi connectivity index (χ1v) is 6.06. The molecule has 0 amide bonds. The lowest BCUT2D eigenvalue weighted by molar-refractivity contribution is 1.05. The first-order valence-electron chi connectivity index (χ1n) is 6.06. The van der Waals surface area contributed by atoms with Gasteiger partial charge in [-0.15, -0.1) is 0 Å². The molecule has 0 aliphatic heterocycles. The van der Waals surface area contributed by atoms with E-state index in [4.69, 9.17) is 0 Å². The molecule has 18 heavy (non-hydrogen) atoms. The van der Waals surface area contributed by atoms with Crippen molar-refractivity contribution >= 4 is 17.0 Å². The summed E-state index contributed by atoms with van der Waals surface area (Å²) in [7, 11) is 2.03. The average Bonchev–Trinajstić information content (AvgIpc) is 2.64. The number of rotatable bonds is 2. The number of imidazole rings is 1. The van der Waals surface area contributed by atoms with Crippen LogP contribution in [0.4, 0.5) is 5.95 Å². The zero-order chi connectivity index (χ0) is 12.4. The summed E-state index contributed by atoms with van der Waals surface area (Å²) in [4.78, 5) is 10.00. The molecule has 1 aromatic carbocycles. The second-order valence-electron chi connectivity index (χ2n) is 4.29. The van der Waals surface area contributed by atoms with Crippen molar-refractivity contribution in [3.05, 3.63) is 60.3 Å². The second kappa shape index (κ2) is 4.53. The first kappa shape index (κ1) is 10.8. The summed E-state index contributed by atoms with van der Waals surface area (Å²) in [6.45, 7) is 0. The molecule has 0 atom stereocenters. The summed E-state index contributed by atoms with van der Waals surface area (Å²) in [5.41, 5.74) is 3.21. The number of nitrogens with zero attached hydrogens (tertiary/aromatic N) is 2. The molecule has 3 nitrogen and oxygen atoms in total. The number of hydrogen-bond donors (Lipinski definition) is 1. The van der Waals surface area contributed by atoms with E-state index >= 15 is 0 Å². The zero-order valence-corrected chi connectivity index (χ0v) is 10.3. The molecule has 3 rings (SSSR count). The van der Waals surface area contributed by atoms with Gasteiger partial charge >= 0.3 is 0 Å². The topological polar surface area (TPSA) is 31.9 Å². The smallest absolute Gasteiger partial charge is 0.208 e. The van der Waals surface area contributed by atoms with Crippen LogP contribution in [0.1, 0.15) is 6.42 Å². The fourth-order valence-corrected chi connectivity index (χ4v) is 2.04. The van der Waals surface area contributed by atoms with Crippen molar-refractivity contribution in [1.29, 1.82) is 0 Å². The van der Waals surface area contributed by atoms with Crippen LogP contribution in [0.5, 0.6) is 0 Å². The first-order chi connectivity index (χ1) is 8.84. The SMILES string of the molecule is CN(C1=CCC=CC=C1)c1nc2ccccc2[nH]1. The molecule has 90 valence electrons. The Morgan fingerprint density at radius 2 is 2.11 bits per heavy atom. The minimum atomic E-state index is 0.869. The van der Waals surface area contributed by atoms with Gasteiger partial charge < -0.3 is 9.88 Å². The van der Waals surface area contributed by atoms with E-state index in [0.29, 0.717) is 0 Å². The summed E-state index contributed by atoms with van der Waals surface area (Å²) in [5.74, 6) is 0.869. The van der Waals surface area contributed by atoms with E-state index in [1.165, 1.54) is 0 Å². The number of hydrogen-bond acceptors (Lipinski definition) is 2. The monoisotopic (exact) mass is 237 g/mol. The number of likely N-dealkylation sites (N-methyl/N-ethyl adjacent to an activating group) is 1. The largest absolute Gasteiger partial charge is 0.324 e. The summed E-state index contributed by atoms with van der Waals surface area (Å²) >= 11 is 0. The fourth-order valence-electron chi connectivity index (χ4n) is 2.04. The molecule has 1 aliphatic carbocycles. The highest BCUT2D eigenvalue weighted by molar-refractivity contribution is 5.77. The highest BCUT2D eigenvalue weighted by atomic mass is 15.2. The predicted octanol–water partition coefficient (Wildman–Crippen LogP) is 3.40. The van der Waals surface area contributed by atoms with Crippen LogP contribution in [0.3, 0.4) is 0 Å². The van der Waals surface area contributed by atoms with Gasteiger partial charge in [0.15, 0.2) is 0 Å². The van der Waals surface area contributed by atoms with Crippen LogP contribution in [0, 0.1) is 0 Å². The minimum absolute atomic E-state index is 0.869. The lowest BCUT2D eigenvalue weighted by Crippen LogP contribution is -2.16. The third kappa shape index (κ3) is 1.95. The third-order valence-corrected chi connectivity index (χ3v) is 3.06. The molecule has 0 bridgehead atoms. The van der Waals surface area contributed by atoms with Crippen molar-refractivity contribution in [2.24, 2.45) is 0 Å². The number of fused-ring (bicyclic) bond motifs is 1. The van der Waals surface area contributed by atoms with Gasteiger partial charge in [0.05, 0.1) is 11.0 Å². The summed E-state index contributed by atoms with van der Waals surface area (Å²) in [6, 6.07) is 8.07. The molecule has 2 aromatic rings. The van der Waals surface area contributed by atoms with Crippen molar-refractivity contribution in [3.63, 3.8) is 0 Å². The predicted molar refractivity (Wildman–Crippen MR) is 75.5 cm³/mol. The van der Waals surface area contributed by atoms with Crippen LogP contribution in [0.2, 0.25) is 0 Å². The zero-order valence-electron chi connectivity index (χ0n) is 10.3. The second-order valence-corrected chi connectivity index (χ2v) is 4.29. The van der Waals surface area contributed by atoms with Crippen LogP contribution in [-0.4, -0.2) is 17.0 Å². The van der Waals surface area contributed by atoms with Crippen LogP contribution in [0.25, 0.3) is 11.0 Å². The van der Waals surface area contributed by atoms with Gasteiger partial charge in [0.2, 0.25) is 5.95 Å². The quantitative estimate of drug-likeness (QED) is 0.868. The number of allylic oxidation sites excluding steroid dienone is 5. The third-order valence-electron chi connectivity index (χ3n) is 3.06. The Kier molecular flexibility index (Phi) is 2.73. The molecule has 0 saturated heterocycles. The van der Waals surface area contributed by atoms with E-state index in [9.17, 15) is 0 Å². The van der Waals surface area contributed by atoms with Crippen molar-refractivity contribution in [2.45, 2.75) is 6.42 Å². The lowest BCUT2D eigenvalue weighted by atomic mass is 10.3. The maximum Gasteiger partial charge on any atom is 0.208 e. The van der Waals surface area contributed by atoms with Crippen LogP contribution >= 0.6 is 0 Å². The number of H-pyrrole nitrogens is 1. The Bertz CT molecular complexity index is 614. The van der Waals surface area contributed by atoms with E-state index in [2.05, 4.69) is 45.2 Å². The molecule has 0 radical (unpaired) electrons. The molecule has 1 N–H and O–H groups in total. The maximum atomic E-state index is 4.59. The number of nitrogens with one attached hydrogen (secondary N) is 1. The lowest BCUT2D eigenvalue weighted by Gasteiger charge is -2.16. The number of para-hydroxylation sites is 2. The van der Waals surface area contributed by atoms with Gasteiger partial charge in [-0.1, -0.05) is 36.4 Å². The van der Waals surface area contributed by atoms with Crippen LogP contribution in [0.15, 0.2) is 60.3 Å². The van der Waals surface area contributed by atoms with Crippen molar-refractivity contribution in [1.82, 2.24) is 9.97 Å². The Morgan fingerprint density at radius 1 is 1.22 bits per heavy atom. The van der Waals surface area contributed by atoms with Gasteiger partial charge in [-0.2, -0.15) is 0 Å². The number of aromatic amines is 1. The van der Waals surface area contributed by atoms with E-state index in [1.54, 1.807) is 0 Å². The summed E-state index contributed by atoms with van der Waals surface area (Å²) in [6.07, 6.45) is 11.5. The van der Waals surface area contributed by atoms with Gasteiger partial charge in [0, 0.05) is 12.7 Å². The van der Waals surface area contributed by atoms with E-state index in [1.807, 2.05) is 31.3 Å². The number of anilines is 1. The Labute approximate surface area is 106 Å². The van der Waals surface area contributed by atoms with Crippen LogP contribution < -0.4 is 4.90 Å². The molecular formula is C15H15N3. The molecule has 3 heteroatoms. The molecule has 0 saturated carbocycles. The summed E-state index contributed by atoms with van der Waals surface area (Å²) in [5, 5.41) is 0. The number of benzene rings is 1. The van der Waals surface area contributed by atoms with Gasteiger partial charge in [0.25, 0.3) is 0 Å². The van der Waals surface area contributed by atoms with Gasteiger partial charge in [-0.05, 0) is 24.6 Å². The van der Waals surface area contributed by atoms with E-state index in [0.717, 1.165) is 29.1 Å².